The molecule has 0 radical (unpaired) electrons. The third-order valence-electron chi connectivity index (χ3n) is 4.78. The van der Waals surface area contributed by atoms with Crippen molar-refractivity contribution < 1.29 is 0 Å². The van der Waals surface area contributed by atoms with Gasteiger partial charge in [0.25, 0.3) is 0 Å². The number of nitrogens with zero attached hydrogens (tertiary/aromatic N) is 2. The van der Waals surface area contributed by atoms with Crippen molar-refractivity contribution in [1.29, 1.82) is 0 Å². The maximum Gasteiger partial charge on any atom is 0.119 e. The Morgan fingerprint density at radius 3 is 1.39 bits per heavy atom. The fourth-order valence-corrected chi connectivity index (χ4v) is 3.48. The molecule has 0 aliphatic heterocycles. The number of para-hydroxylation sites is 2. The molecular formula is C24H18N4. The second-order valence-electron chi connectivity index (χ2n) is 6.59. The van der Waals surface area contributed by atoms with Crippen molar-refractivity contribution >= 4 is 33.6 Å². The fraction of sp³-hybridized carbons (Fsp3) is 0. The lowest BCUT2D eigenvalue weighted by Crippen LogP contribution is -2.14. The highest BCUT2D eigenvalue weighted by molar-refractivity contribution is 6.61. The Kier molecular flexibility index (Phi) is 4.07. The molecule has 0 saturated heterocycles. The van der Waals surface area contributed by atoms with E-state index in [0.717, 1.165) is 33.9 Å². The Morgan fingerprint density at radius 1 is 0.464 bits per heavy atom. The van der Waals surface area contributed by atoms with Gasteiger partial charge in [-0.15, -0.1) is 0 Å². The van der Waals surface area contributed by atoms with Crippen molar-refractivity contribution in [3.8, 4) is 0 Å². The van der Waals surface area contributed by atoms with E-state index >= 15 is 0 Å². The van der Waals surface area contributed by atoms with E-state index in [-0.39, 0.29) is 0 Å². The van der Waals surface area contributed by atoms with Gasteiger partial charge >= 0.3 is 0 Å². The maximum absolute atomic E-state index is 4.72. The Morgan fingerprint density at radius 2 is 0.929 bits per heavy atom. The molecule has 1 aliphatic carbocycles. The number of benzene rings is 4. The average molecular weight is 362 g/mol. The van der Waals surface area contributed by atoms with Gasteiger partial charge in [0.2, 0.25) is 0 Å². The predicted octanol–water partition coefficient (Wildman–Crippen LogP) is 5.49. The molecule has 4 aromatic carbocycles. The van der Waals surface area contributed by atoms with E-state index < -0.39 is 0 Å². The van der Waals surface area contributed by atoms with Crippen LogP contribution in [-0.4, -0.2) is 11.4 Å². The number of hydrogen-bond acceptors (Lipinski definition) is 4. The summed E-state index contributed by atoms with van der Waals surface area (Å²) in [5.74, 6) is 0. The van der Waals surface area contributed by atoms with Gasteiger partial charge in [-0.1, -0.05) is 72.8 Å². The summed E-state index contributed by atoms with van der Waals surface area (Å²) in [4.78, 5) is 0. The highest BCUT2D eigenvalue weighted by Gasteiger charge is 2.27. The minimum atomic E-state index is 0.832. The third-order valence-corrected chi connectivity index (χ3v) is 4.78. The Balaban J connectivity index is 1.61. The third kappa shape index (κ3) is 2.91. The zero-order valence-corrected chi connectivity index (χ0v) is 15.1. The van der Waals surface area contributed by atoms with E-state index in [2.05, 4.69) is 47.2 Å². The molecule has 1 aliphatic rings. The highest BCUT2D eigenvalue weighted by Crippen LogP contribution is 2.31. The van der Waals surface area contributed by atoms with Gasteiger partial charge < -0.3 is 0 Å². The lowest BCUT2D eigenvalue weighted by Gasteiger charge is -2.06. The number of anilines is 2. The quantitative estimate of drug-likeness (QED) is 0.472. The molecule has 4 heteroatoms. The Bertz CT molecular complexity index is 1100. The van der Waals surface area contributed by atoms with Crippen LogP contribution in [0.3, 0.4) is 0 Å². The molecule has 0 bridgehead atoms. The highest BCUT2D eigenvalue weighted by atomic mass is 15.3. The molecule has 0 fully saturated rings. The van der Waals surface area contributed by atoms with Crippen LogP contribution in [0.2, 0.25) is 0 Å². The summed E-state index contributed by atoms with van der Waals surface area (Å²) in [5.41, 5.74) is 12.1. The fourth-order valence-electron chi connectivity index (χ4n) is 3.48. The first-order chi connectivity index (χ1) is 13.9. The minimum absolute atomic E-state index is 0.832. The standard InChI is InChI=1S/C24H18N4/c1-3-11-18(12-4-1)25-27-23-20-15-7-9-17-10-8-16-21(22(17)20)24(23)28-26-19-13-5-2-6-14-19/h1-16,25-26H/b27-23-,28-24+. The van der Waals surface area contributed by atoms with Crippen molar-refractivity contribution in [2.24, 2.45) is 10.2 Å². The smallest absolute Gasteiger partial charge is 0.119 e. The lowest BCUT2D eigenvalue weighted by atomic mass is 10.1. The molecule has 2 N–H and O–H groups in total. The Hall–Kier alpha value is -3.92. The Labute approximate surface area is 163 Å². The molecule has 28 heavy (non-hydrogen) atoms. The minimum Gasteiger partial charge on any atom is -0.278 e. The molecule has 0 unspecified atom stereocenters. The number of hydrogen-bond donors (Lipinski definition) is 2. The molecule has 4 nitrogen and oxygen atoms in total. The van der Waals surface area contributed by atoms with Crippen LogP contribution in [0.25, 0.3) is 10.8 Å². The first kappa shape index (κ1) is 16.3. The molecule has 0 heterocycles. The zero-order chi connectivity index (χ0) is 18.8. The molecule has 0 aromatic heterocycles. The van der Waals surface area contributed by atoms with Crippen molar-refractivity contribution in [2.45, 2.75) is 0 Å². The van der Waals surface area contributed by atoms with Gasteiger partial charge in [0, 0.05) is 16.5 Å². The van der Waals surface area contributed by atoms with Crippen LogP contribution >= 0.6 is 0 Å². The van der Waals surface area contributed by atoms with E-state index in [1.807, 2.05) is 60.7 Å². The molecule has 0 atom stereocenters. The summed E-state index contributed by atoms with van der Waals surface area (Å²) in [5, 5.41) is 11.8. The molecule has 0 amide bonds. The summed E-state index contributed by atoms with van der Waals surface area (Å²) in [7, 11) is 0. The van der Waals surface area contributed by atoms with E-state index in [1.54, 1.807) is 0 Å². The second-order valence-corrected chi connectivity index (χ2v) is 6.59. The van der Waals surface area contributed by atoms with Gasteiger partial charge in [0.15, 0.2) is 0 Å². The van der Waals surface area contributed by atoms with E-state index in [9.17, 15) is 0 Å². The van der Waals surface area contributed by atoms with Crippen molar-refractivity contribution in [3.05, 3.63) is 108 Å². The number of rotatable bonds is 4. The van der Waals surface area contributed by atoms with Gasteiger partial charge in [-0.25, -0.2) is 0 Å². The predicted molar refractivity (Wildman–Crippen MR) is 117 cm³/mol. The van der Waals surface area contributed by atoms with Crippen LogP contribution in [-0.2, 0) is 0 Å². The topological polar surface area (TPSA) is 48.8 Å². The first-order valence-electron chi connectivity index (χ1n) is 9.20. The normalized spacial score (nSPS) is 15.3. The molecule has 134 valence electrons. The summed E-state index contributed by atoms with van der Waals surface area (Å²) >= 11 is 0. The van der Waals surface area contributed by atoms with Crippen molar-refractivity contribution in [2.75, 3.05) is 10.9 Å². The molecule has 0 saturated carbocycles. The summed E-state index contributed by atoms with van der Waals surface area (Å²) in [6, 6.07) is 32.5. The van der Waals surface area contributed by atoms with Gasteiger partial charge in [-0.3, -0.25) is 10.9 Å². The van der Waals surface area contributed by atoms with Crippen LogP contribution < -0.4 is 10.9 Å². The van der Waals surface area contributed by atoms with Gasteiger partial charge in [-0.05, 0) is 29.7 Å². The van der Waals surface area contributed by atoms with Crippen LogP contribution in [0, 0.1) is 0 Å². The summed E-state index contributed by atoms with van der Waals surface area (Å²) < 4.78 is 0. The van der Waals surface area contributed by atoms with Crippen LogP contribution in [0.15, 0.2) is 107 Å². The molecule has 0 spiro atoms. The maximum atomic E-state index is 4.72. The molecule has 5 rings (SSSR count). The van der Waals surface area contributed by atoms with E-state index in [4.69, 9.17) is 10.2 Å². The van der Waals surface area contributed by atoms with Crippen LogP contribution in [0.4, 0.5) is 11.4 Å². The van der Waals surface area contributed by atoms with Crippen molar-refractivity contribution in [1.82, 2.24) is 0 Å². The summed E-state index contributed by atoms with van der Waals surface area (Å²) in [6.07, 6.45) is 0. The number of hydrazone groups is 2. The zero-order valence-electron chi connectivity index (χ0n) is 15.1. The van der Waals surface area contributed by atoms with E-state index in [1.165, 1.54) is 10.8 Å². The average Bonchev–Trinajstić information content (AvgIpc) is 3.07. The summed E-state index contributed by atoms with van der Waals surface area (Å²) in [6.45, 7) is 0. The monoisotopic (exact) mass is 362 g/mol. The SMILES string of the molecule is c1ccc(N/N=C2\C(=N\Nc3ccccc3)c3cccc4cccc2c34)cc1. The number of nitrogens with one attached hydrogen (secondary N) is 2. The largest absolute Gasteiger partial charge is 0.278 e. The lowest BCUT2D eigenvalue weighted by molar-refractivity contribution is 1.32. The molecule has 4 aromatic rings. The van der Waals surface area contributed by atoms with Gasteiger partial charge in [-0.2, -0.15) is 10.2 Å². The van der Waals surface area contributed by atoms with Gasteiger partial charge in [0.1, 0.15) is 11.4 Å². The second kappa shape index (κ2) is 7.00. The van der Waals surface area contributed by atoms with Gasteiger partial charge in [0.05, 0.1) is 11.4 Å². The van der Waals surface area contributed by atoms with Crippen LogP contribution in [0.5, 0.6) is 0 Å². The van der Waals surface area contributed by atoms with Crippen molar-refractivity contribution in [3.63, 3.8) is 0 Å². The molecular weight excluding hydrogens is 344 g/mol. The van der Waals surface area contributed by atoms with Crippen LogP contribution in [0.1, 0.15) is 11.1 Å². The first-order valence-corrected chi connectivity index (χ1v) is 9.20. The van der Waals surface area contributed by atoms with E-state index in [0.29, 0.717) is 0 Å².